The minimum Gasteiger partial charge on any atom is -0.462 e. The lowest BCUT2D eigenvalue weighted by Gasteiger charge is -2.55. The predicted molar refractivity (Wildman–Crippen MR) is 156 cm³/mol. The maximum Gasteiger partial charge on any atom is 0.312 e. The SMILES string of the molecule is CC(=O)OC(C)CC(=O)O[C@@H]1C[C@@H](OC(C)=O)[C@@]2(C)[C@@H](OC(C)=O)CC=C(C)[C@@H]2[C@@H](OC(C)=O)[C@@]2(O)[C@H](/C=C\1CO)OC(=O)[C@@H]2C. The van der Waals surface area contributed by atoms with Crippen LogP contribution in [0.2, 0.25) is 0 Å². The molecule has 0 radical (unpaired) electrons. The summed E-state index contributed by atoms with van der Waals surface area (Å²) in [6.45, 7) is 10.2. The topological polar surface area (TPSA) is 198 Å². The zero-order valence-electron chi connectivity index (χ0n) is 27.4. The summed E-state index contributed by atoms with van der Waals surface area (Å²) in [5, 5.41) is 23.1. The molecule has 0 aromatic heterocycles. The Bertz CT molecular complexity index is 1300. The van der Waals surface area contributed by atoms with E-state index in [9.17, 15) is 39.0 Å². The molecule has 1 fully saturated rings. The molecule has 10 atom stereocenters. The standard InChI is InChI=1S/C32H44O14/c1-15-9-10-24(42-19(5)35)31(8)25(43-20(6)36)13-23(45-27(38)11-16(2)41-18(4)34)22(14-33)12-26-32(40,17(3)30(39)46-26)29(28(15)31)44-21(7)37/h9,12,16-17,23-26,28-29,33,40H,10-11,13-14H2,1-8H3/b22-12-/t16?,17-,23+,24-,25+,26-,28+,29+,31+,32-/m0/s1. The second kappa shape index (κ2) is 14.3. The highest BCUT2D eigenvalue weighted by Gasteiger charge is 2.67. The number of fused-ring (bicyclic) bond motifs is 2. The first-order chi connectivity index (χ1) is 21.4. The molecule has 3 rings (SSSR count). The van der Waals surface area contributed by atoms with Crippen LogP contribution in [0.1, 0.15) is 74.7 Å². The average molecular weight is 653 g/mol. The number of rotatable bonds is 8. The molecule has 1 aliphatic heterocycles. The van der Waals surface area contributed by atoms with Crippen LogP contribution in [0.4, 0.5) is 0 Å². The van der Waals surface area contributed by atoms with E-state index in [1.54, 1.807) is 19.9 Å². The van der Waals surface area contributed by atoms with E-state index in [1.165, 1.54) is 33.8 Å². The van der Waals surface area contributed by atoms with Gasteiger partial charge < -0.3 is 38.6 Å². The Hall–Kier alpha value is -3.78. The Balaban J connectivity index is 2.36. The molecule has 0 aromatic rings. The third-order valence-electron chi connectivity index (χ3n) is 9.10. The zero-order chi connectivity index (χ0) is 34.7. The van der Waals surface area contributed by atoms with Gasteiger partial charge in [0.25, 0.3) is 0 Å². The van der Waals surface area contributed by atoms with Crippen molar-refractivity contribution in [2.24, 2.45) is 17.3 Å². The lowest BCUT2D eigenvalue weighted by Crippen LogP contribution is -2.65. The molecule has 46 heavy (non-hydrogen) atoms. The molecule has 256 valence electrons. The van der Waals surface area contributed by atoms with Crippen LogP contribution >= 0.6 is 0 Å². The highest BCUT2D eigenvalue weighted by Crippen LogP contribution is 2.55. The Morgan fingerprint density at radius 3 is 2.11 bits per heavy atom. The van der Waals surface area contributed by atoms with Gasteiger partial charge in [-0.25, -0.2) is 0 Å². The van der Waals surface area contributed by atoms with Crippen molar-refractivity contribution >= 4 is 35.8 Å². The smallest absolute Gasteiger partial charge is 0.312 e. The number of aliphatic hydroxyl groups is 2. The van der Waals surface area contributed by atoms with Crippen molar-refractivity contribution in [2.75, 3.05) is 6.61 Å². The first kappa shape index (κ1) is 36.7. The van der Waals surface area contributed by atoms with E-state index in [4.69, 9.17) is 28.4 Å². The van der Waals surface area contributed by atoms with Crippen LogP contribution in [0.3, 0.4) is 0 Å². The molecular formula is C32H44O14. The van der Waals surface area contributed by atoms with Crippen LogP contribution in [0.5, 0.6) is 0 Å². The number of esters is 6. The second-order valence-electron chi connectivity index (χ2n) is 12.5. The lowest BCUT2D eigenvalue weighted by molar-refractivity contribution is -0.218. The fraction of sp³-hybridized carbons (Fsp3) is 0.688. The molecule has 1 heterocycles. The largest absolute Gasteiger partial charge is 0.462 e. The summed E-state index contributed by atoms with van der Waals surface area (Å²) in [5.74, 6) is -6.80. The summed E-state index contributed by atoms with van der Waals surface area (Å²) in [6, 6.07) is 0. The molecule has 0 amide bonds. The van der Waals surface area contributed by atoms with Gasteiger partial charge in [-0.1, -0.05) is 18.6 Å². The van der Waals surface area contributed by atoms with Gasteiger partial charge in [0.1, 0.15) is 30.5 Å². The molecule has 14 nitrogen and oxygen atoms in total. The molecule has 0 bridgehead atoms. The van der Waals surface area contributed by atoms with Gasteiger partial charge in [-0.05, 0) is 32.4 Å². The van der Waals surface area contributed by atoms with E-state index in [1.807, 2.05) is 0 Å². The average Bonchev–Trinajstić information content (AvgIpc) is 3.14. The van der Waals surface area contributed by atoms with Gasteiger partial charge in [0.2, 0.25) is 0 Å². The molecule has 0 saturated carbocycles. The number of ether oxygens (including phenoxy) is 6. The summed E-state index contributed by atoms with van der Waals surface area (Å²) in [4.78, 5) is 75.3. The molecule has 3 aliphatic rings. The third-order valence-corrected chi connectivity index (χ3v) is 9.10. The molecule has 0 aromatic carbocycles. The zero-order valence-corrected chi connectivity index (χ0v) is 27.4. The highest BCUT2D eigenvalue weighted by molar-refractivity contribution is 5.78. The van der Waals surface area contributed by atoms with Crippen molar-refractivity contribution in [2.45, 2.75) is 117 Å². The summed E-state index contributed by atoms with van der Waals surface area (Å²) >= 11 is 0. The summed E-state index contributed by atoms with van der Waals surface area (Å²) in [7, 11) is 0. The van der Waals surface area contributed by atoms with Gasteiger partial charge in [-0.15, -0.1) is 0 Å². The Morgan fingerprint density at radius 1 is 0.978 bits per heavy atom. The Morgan fingerprint density at radius 2 is 1.57 bits per heavy atom. The molecule has 1 unspecified atom stereocenters. The number of hydrogen-bond acceptors (Lipinski definition) is 14. The summed E-state index contributed by atoms with van der Waals surface area (Å²) in [5.41, 5.74) is -3.20. The van der Waals surface area contributed by atoms with E-state index in [-0.39, 0.29) is 24.8 Å². The molecule has 1 saturated heterocycles. The van der Waals surface area contributed by atoms with E-state index >= 15 is 0 Å². The molecule has 0 spiro atoms. The lowest BCUT2D eigenvalue weighted by atomic mass is 9.56. The second-order valence-corrected chi connectivity index (χ2v) is 12.5. The van der Waals surface area contributed by atoms with E-state index < -0.39 is 102 Å². The molecule has 2 aliphatic carbocycles. The molecular weight excluding hydrogens is 608 g/mol. The number of hydrogen-bond donors (Lipinski definition) is 2. The monoisotopic (exact) mass is 652 g/mol. The Kier molecular flexibility index (Phi) is 11.4. The number of carbonyl (C=O) groups excluding carboxylic acids is 6. The number of carbonyl (C=O) groups is 6. The molecule has 14 heteroatoms. The first-order valence-electron chi connectivity index (χ1n) is 15.1. The normalized spacial score (nSPS) is 35.8. The van der Waals surface area contributed by atoms with Crippen LogP contribution in [0.15, 0.2) is 23.3 Å². The van der Waals surface area contributed by atoms with Crippen molar-refractivity contribution in [1.29, 1.82) is 0 Å². The third kappa shape index (κ3) is 7.43. The van der Waals surface area contributed by atoms with Crippen molar-refractivity contribution in [3.8, 4) is 0 Å². The van der Waals surface area contributed by atoms with Crippen molar-refractivity contribution in [1.82, 2.24) is 0 Å². The first-order valence-corrected chi connectivity index (χ1v) is 15.1. The van der Waals surface area contributed by atoms with Crippen LogP contribution < -0.4 is 0 Å². The fourth-order valence-electron chi connectivity index (χ4n) is 6.98. The van der Waals surface area contributed by atoms with Gasteiger partial charge in [0.05, 0.1) is 24.4 Å². The van der Waals surface area contributed by atoms with Gasteiger partial charge >= 0.3 is 35.8 Å². The quantitative estimate of drug-likeness (QED) is 0.218. The van der Waals surface area contributed by atoms with Crippen LogP contribution in [-0.4, -0.2) is 94.9 Å². The van der Waals surface area contributed by atoms with Crippen molar-refractivity contribution < 1.29 is 67.4 Å². The van der Waals surface area contributed by atoms with E-state index in [0.29, 0.717) is 5.57 Å². The van der Waals surface area contributed by atoms with Gasteiger partial charge in [-0.3, -0.25) is 28.8 Å². The van der Waals surface area contributed by atoms with E-state index in [2.05, 4.69) is 0 Å². The van der Waals surface area contributed by atoms with Gasteiger partial charge in [0.15, 0.2) is 11.7 Å². The summed E-state index contributed by atoms with van der Waals surface area (Å²) in [6.07, 6.45) is -5.03. The van der Waals surface area contributed by atoms with Crippen LogP contribution in [0.25, 0.3) is 0 Å². The number of aliphatic hydroxyl groups excluding tert-OH is 1. The predicted octanol–water partition coefficient (Wildman–Crippen LogP) is 1.62. The van der Waals surface area contributed by atoms with E-state index in [0.717, 1.165) is 13.8 Å². The molecule has 2 N–H and O–H groups in total. The Labute approximate surface area is 267 Å². The highest BCUT2D eigenvalue weighted by atomic mass is 16.6. The maximum absolute atomic E-state index is 13.1. The minimum atomic E-state index is -2.27. The minimum absolute atomic E-state index is 0.0216. The maximum atomic E-state index is 13.1. The van der Waals surface area contributed by atoms with Gasteiger partial charge in [-0.2, -0.15) is 0 Å². The van der Waals surface area contributed by atoms with Gasteiger partial charge in [0, 0.05) is 46.5 Å². The van der Waals surface area contributed by atoms with Crippen molar-refractivity contribution in [3.05, 3.63) is 23.3 Å². The van der Waals surface area contributed by atoms with Crippen LogP contribution in [-0.2, 0) is 57.2 Å². The van der Waals surface area contributed by atoms with Crippen LogP contribution in [0, 0.1) is 17.3 Å². The summed E-state index contributed by atoms with van der Waals surface area (Å²) < 4.78 is 34.0. The fourth-order valence-corrected chi connectivity index (χ4v) is 6.98. The van der Waals surface area contributed by atoms with Crippen molar-refractivity contribution in [3.63, 3.8) is 0 Å².